The molecule has 0 amide bonds. The van der Waals surface area contributed by atoms with Gasteiger partial charge in [0.25, 0.3) is 0 Å². The van der Waals surface area contributed by atoms with Crippen molar-refractivity contribution in [3.05, 3.63) is 12.7 Å². The average Bonchev–Trinajstić information content (AvgIpc) is 1.86. The maximum absolute atomic E-state index is 11.1. The second kappa shape index (κ2) is 3.56. The molecule has 1 rings (SSSR count). The van der Waals surface area contributed by atoms with Crippen molar-refractivity contribution < 1.29 is 9.53 Å². The molecular formula is C9H14O2. The summed E-state index contributed by atoms with van der Waals surface area (Å²) in [5.41, 5.74) is 0. The van der Waals surface area contributed by atoms with Crippen LogP contribution in [0.4, 0.5) is 0 Å². The van der Waals surface area contributed by atoms with Crippen molar-refractivity contribution in [1.29, 1.82) is 0 Å². The lowest BCUT2D eigenvalue weighted by Gasteiger charge is -2.31. The average molecular weight is 154 g/mol. The van der Waals surface area contributed by atoms with Crippen LogP contribution in [-0.4, -0.2) is 12.6 Å². The van der Waals surface area contributed by atoms with Crippen LogP contribution >= 0.6 is 0 Å². The van der Waals surface area contributed by atoms with E-state index >= 15 is 0 Å². The molecule has 0 spiro atoms. The van der Waals surface area contributed by atoms with Crippen LogP contribution in [-0.2, 0) is 9.53 Å². The molecule has 1 saturated carbocycles. The Bertz CT molecular complexity index is 163. The van der Waals surface area contributed by atoms with Gasteiger partial charge in [0, 0.05) is 0 Å². The molecule has 0 N–H and O–H groups in total. The Morgan fingerprint density at radius 3 is 2.82 bits per heavy atom. The summed E-state index contributed by atoms with van der Waals surface area (Å²) >= 11 is 0. The minimum absolute atomic E-state index is 0.0522. The largest absolute Gasteiger partial charge is 0.466 e. The van der Waals surface area contributed by atoms with Gasteiger partial charge in [-0.25, -0.2) is 0 Å². The normalized spacial score (nSPS) is 28.8. The number of carbonyl (C=O) groups is 1. The lowest BCUT2D eigenvalue weighted by atomic mass is 9.74. The molecular weight excluding hydrogens is 140 g/mol. The molecule has 0 radical (unpaired) electrons. The molecule has 0 bridgehead atoms. The van der Waals surface area contributed by atoms with Crippen LogP contribution in [0.25, 0.3) is 0 Å². The van der Waals surface area contributed by atoms with E-state index < -0.39 is 0 Å². The Labute approximate surface area is 67.2 Å². The number of carbonyl (C=O) groups excluding carboxylic acids is 1. The first kappa shape index (κ1) is 8.31. The zero-order valence-corrected chi connectivity index (χ0v) is 6.88. The number of hydrogen-bond acceptors (Lipinski definition) is 2. The summed E-state index contributed by atoms with van der Waals surface area (Å²) in [6.45, 7) is 5.99. The molecule has 0 unspecified atom stereocenters. The third kappa shape index (κ3) is 1.62. The third-order valence-corrected chi connectivity index (χ3v) is 2.22. The van der Waals surface area contributed by atoms with E-state index in [-0.39, 0.29) is 11.9 Å². The second-order valence-electron chi connectivity index (χ2n) is 2.84. The van der Waals surface area contributed by atoms with E-state index in [4.69, 9.17) is 4.74 Å². The zero-order chi connectivity index (χ0) is 8.27. The van der Waals surface area contributed by atoms with Crippen LogP contribution < -0.4 is 0 Å². The van der Waals surface area contributed by atoms with Gasteiger partial charge in [-0.15, -0.1) is 6.58 Å². The van der Waals surface area contributed by atoms with Gasteiger partial charge in [0.15, 0.2) is 0 Å². The minimum atomic E-state index is -0.0522. The molecule has 1 aliphatic carbocycles. The Balaban J connectivity index is 2.35. The smallest absolute Gasteiger partial charge is 0.309 e. The number of allylic oxidation sites excluding steroid dienone is 1. The van der Waals surface area contributed by atoms with E-state index in [2.05, 4.69) is 6.58 Å². The molecule has 0 saturated heterocycles. The Morgan fingerprint density at radius 1 is 1.73 bits per heavy atom. The first-order chi connectivity index (χ1) is 5.29. The van der Waals surface area contributed by atoms with Gasteiger partial charge in [-0.1, -0.05) is 6.08 Å². The van der Waals surface area contributed by atoms with Crippen LogP contribution in [0, 0.1) is 11.8 Å². The summed E-state index contributed by atoms with van der Waals surface area (Å²) in [7, 11) is 0. The lowest BCUT2D eigenvalue weighted by molar-refractivity contribution is -0.152. The van der Waals surface area contributed by atoms with Crippen LogP contribution in [0.3, 0.4) is 0 Å². The van der Waals surface area contributed by atoms with Gasteiger partial charge in [-0.05, 0) is 25.7 Å². The van der Waals surface area contributed by atoms with Gasteiger partial charge >= 0.3 is 5.97 Å². The van der Waals surface area contributed by atoms with Gasteiger partial charge in [0.2, 0.25) is 0 Å². The van der Waals surface area contributed by atoms with E-state index in [1.54, 1.807) is 0 Å². The van der Waals surface area contributed by atoms with Crippen molar-refractivity contribution in [1.82, 2.24) is 0 Å². The zero-order valence-electron chi connectivity index (χ0n) is 6.88. The predicted molar refractivity (Wildman–Crippen MR) is 43.0 cm³/mol. The number of hydrogen-bond donors (Lipinski definition) is 0. The van der Waals surface area contributed by atoms with Crippen LogP contribution in [0.15, 0.2) is 12.7 Å². The quantitative estimate of drug-likeness (QED) is 0.457. The van der Waals surface area contributed by atoms with Crippen LogP contribution in [0.5, 0.6) is 0 Å². The van der Waals surface area contributed by atoms with Crippen LogP contribution in [0.1, 0.15) is 19.8 Å². The maximum atomic E-state index is 11.1. The molecule has 2 nitrogen and oxygen atoms in total. The fraction of sp³-hybridized carbons (Fsp3) is 0.667. The second-order valence-corrected chi connectivity index (χ2v) is 2.84. The molecule has 1 fully saturated rings. The van der Waals surface area contributed by atoms with E-state index in [1.807, 2.05) is 13.0 Å². The molecule has 0 aromatic carbocycles. The van der Waals surface area contributed by atoms with Crippen molar-refractivity contribution >= 4 is 5.97 Å². The van der Waals surface area contributed by atoms with Crippen molar-refractivity contribution in [2.24, 2.45) is 11.8 Å². The molecule has 62 valence electrons. The monoisotopic (exact) mass is 154 g/mol. The molecule has 0 aromatic rings. The van der Waals surface area contributed by atoms with Crippen molar-refractivity contribution in [2.75, 3.05) is 6.61 Å². The highest BCUT2D eigenvalue weighted by Crippen LogP contribution is 2.35. The topological polar surface area (TPSA) is 26.3 Å². The van der Waals surface area contributed by atoms with Crippen molar-refractivity contribution in [3.8, 4) is 0 Å². The molecule has 0 heterocycles. The number of ether oxygens (including phenoxy) is 1. The highest BCUT2D eigenvalue weighted by molar-refractivity contribution is 5.74. The summed E-state index contributed by atoms with van der Waals surface area (Å²) in [5.74, 6) is 0.421. The minimum Gasteiger partial charge on any atom is -0.466 e. The van der Waals surface area contributed by atoms with E-state index in [0.29, 0.717) is 12.5 Å². The van der Waals surface area contributed by atoms with Gasteiger partial charge in [-0.3, -0.25) is 4.79 Å². The molecule has 0 aliphatic heterocycles. The summed E-state index contributed by atoms with van der Waals surface area (Å²) in [5, 5.41) is 0. The molecule has 2 heteroatoms. The fourth-order valence-corrected chi connectivity index (χ4v) is 1.35. The van der Waals surface area contributed by atoms with Crippen molar-refractivity contribution in [2.45, 2.75) is 19.8 Å². The van der Waals surface area contributed by atoms with Gasteiger partial charge in [0.05, 0.1) is 12.5 Å². The first-order valence-corrected chi connectivity index (χ1v) is 4.08. The van der Waals surface area contributed by atoms with Gasteiger partial charge < -0.3 is 4.74 Å². The fourth-order valence-electron chi connectivity index (χ4n) is 1.35. The lowest BCUT2D eigenvalue weighted by Crippen LogP contribution is -2.32. The Hall–Kier alpha value is -0.790. The summed E-state index contributed by atoms with van der Waals surface area (Å²) in [6.07, 6.45) is 3.91. The predicted octanol–water partition coefficient (Wildman–Crippen LogP) is 1.76. The van der Waals surface area contributed by atoms with Crippen LogP contribution in [0.2, 0.25) is 0 Å². The molecule has 11 heavy (non-hydrogen) atoms. The standard InChI is InChI=1S/C9H14O2/c1-3-7-5-6-8(7)9(10)11-4-2/h3,7-8H,1,4-6H2,2H3/t7-,8-/m0/s1. The molecule has 2 atom stereocenters. The van der Waals surface area contributed by atoms with Crippen molar-refractivity contribution in [3.63, 3.8) is 0 Å². The Morgan fingerprint density at radius 2 is 2.45 bits per heavy atom. The SMILES string of the molecule is C=C[C@H]1CC[C@@H]1C(=O)OCC. The summed E-state index contributed by atoms with van der Waals surface area (Å²) in [4.78, 5) is 11.1. The molecule has 0 aromatic heterocycles. The number of rotatable bonds is 3. The highest BCUT2D eigenvalue weighted by Gasteiger charge is 2.35. The number of esters is 1. The first-order valence-electron chi connectivity index (χ1n) is 4.08. The van der Waals surface area contributed by atoms with Gasteiger partial charge in [-0.2, -0.15) is 0 Å². The summed E-state index contributed by atoms with van der Waals surface area (Å²) < 4.78 is 4.89. The van der Waals surface area contributed by atoms with E-state index in [9.17, 15) is 4.79 Å². The molecule has 1 aliphatic rings. The maximum Gasteiger partial charge on any atom is 0.309 e. The van der Waals surface area contributed by atoms with Gasteiger partial charge in [0.1, 0.15) is 0 Å². The highest BCUT2D eigenvalue weighted by atomic mass is 16.5. The van der Waals surface area contributed by atoms with E-state index in [0.717, 1.165) is 12.8 Å². The third-order valence-electron chi connectivity index (χ3n) is 2.22. The van der Waals surface area contributed by atoms with E-state index in [1.165, 1.54) is 0 Å². The summed E-state index contributed by atoms with van der Waals surface area (Å²) in [6, 6.07) is 0. The Kier molecular flexibility index (Phi) is 2.69.